The van der Waals surface area contributed by atoms with Crippen LogP contribution < -0.4 is 5.32 Å². The van der Waals surface area contributed by atoms with Crippen molar-refractivity contribution in [2.45, 2.75) is 44.6 Å². The third kappa shape index (κ3) is 3.67. The molecule has 4 nitrogen and oxygen atoms in total. The molecular formula is C16H21N3O. The van der Waals surface area contributed by atoms with E-state index in [1.807, 2.05) is 18.2 Å². The van der Waals surface area contributed by atoms with Gasteiger partial charge in [0, 0.05) is 25.4 Å². The first-order valence-corrected chi connectivity index (χ1v) is 7.49. The van der Waals surface area contributed by atoms with Crippen molar-refractivity contribution in [2.24, 2.45) is 0 Å². The molecule has 4 heteroatoms. The first-order chi connectivity index (χ1) is 9.90. The summed E-state index contributed by atoms with van der Waals surface area (Å²) in [6.07, 6.45) is 6.89. The Morgan fingerprint density at radius 1 is 1.15 bits per heavy atom. The molecule has 20 heavy (non-hydrogen) atoms. The van der Waals surface area contributed by atoms with Crippen molar-refractivity contribution in [2.75, 3.05) is 6.54 Å². The number of hydrogen-bond donors (Lipinski definition) is 1. The molecular weight excluding hydrogens is 250 g/mol. The summed E-state index contributed by atoms with van der Waals surface area (Å²) >= 11 is 0. The van der Waals surface area contributed by atoms with E-state index in [1.54, 1.807) is 0 Å². The number of nitrogens with zero attached hydrogens (tertiary/aromatic N) is 2. The molecule has 0 radical (unpaired) electrons. The molecule has 1 aromatic carbocycles. The van der Waals surface area contributed by atoms with Crippen LogP contribution in [0.4, 0.5) is 0 Å². The average Bonchev–Trinajstić information content (AvgIpc) is 3.12. The molecule has 1 aliphatic carbocycles. The second kappa shape index (κ2) is 6.66. The highest BCUT2D eigenvalue weighted by atomic mass is 16.5. The van der Waals surface area contributed by atoms with Crippen molar-refractivity contribution in [1.82, 2.24) is 15.5 Å². The molecule has 1 N–H and O–H groups in total. The largest absolute Gasteiger partial charge is 0.339 e. The average molecular weight is 271 g/mol. The topological polar surface area (TPSA) is 51.0 Å². The zero-order valence-electron chi connectivity index (χ0n) is 11.7. The van der Waals surface area contributed by atoms with E-state index in [4.69, 9.17) is 4.52 Å². The van der Waals surface area contributed by atoms with E-state index in [-0.39, 0.29) is 0 Å². The molecule has 1 aromatic heterocycles. The monoisotopic (exact) mass is 271 g/mol. The van der Waals surface area contributed by atoms with Gasteiger partial charge in [-0.3, -0.25) is 0 Å². The lowest BCUT2D eigenvalue weighted by molar-refractivity contribution is 0.368. The van der Waals surface area contributed by atoms with Gasteiger partial charge in [-0.2, -0.15) is 4.98 Å². The summed E-state index contributed by atoms with van der Waals surface area (Å²) in [5.41, 5.74) is 1.21. The van der Waals surface area contributed by atoms with Crippen LogP contribution in [0.3, 0.4) is 0 Å². The summed E-state index contributed by atoms with van der Waals surface area (Å²) in [4.78, 5) is 4.45. The first-order valence-electron chi connectivity index (χ1n) is 7.49. The van der Waals surface area contributed by atoms with Crippen LogP contribution in [0.25, 0.3) is 0 Å². The maximum absolute atomic E-state index is 5.30. The third-order valence-electron chi connectivity index (χ3n) is 3.84. The van der Waals surface area contributed by atoms with Gasteiger partial charge in [-0.1, -0.05) is 48.3 Å². The van der Waals surface area contributed by atoms with Gasteiger partial charge in [-0.25, -0.2) is 0 Å². The lowest BCUT2D eigenvalue weighted by atomic mass is 10.1. The minimum absolute atomic E-state index is 0.696. The zero-order chi connectivity index (χ0) is 13.6. The Balaban J connectivity index is 1.46. The van der Waals surface area contributed by atoms with E-state index in [9.17, 15) is 0 Å². The summed E-state index contributed by atoms with van der Waals surface area (Å²) in [6.45, 7) is 0.928. The third-order valence-corrected chi connectivity index (χ3v) is 3.84. The normalized spacial score (nSPS) is 15.8. The molecule has 3 rings (SSSR count). The maximum atomic E-state index is 5.30. The van der Waals surface area contributed by atoms with E-state index in [0.717, 1.165) is 31.1 Å². The Bertz CT molecular complexity index is 518. The molecule has 0 atom stereocenters. The van der Waals surface area contributed by atoms with Gasteiger partial charge in [0.25, 0.3) is 0 Å². The molecule has 1 aliphatic rings. The lowest BCUT2D eigenvalue weighted by Crippen LogP contribution is -2.28. The van der Waals surface area contributed by atoms with Crippen molar-refractivity contribution in [3.05, 3.63) is 47.6 Å². The Kier molecular flexibility index (Phi) is 4.43. The smallest absolute Gasteiger partial charge is 0.227 e. The number of rotatable bonds is 6. The van der Waals surface area contributed by atoms with E-state index in [0.29, 0.717) is 6.04 Å². The van der Waals surface area contributed by atoms with Crippen LogP contribution >= 0.6 is 0 Å². The van der Waals surface area contributed by atoms with E-state index in [2.05, 4.69) is 27.6 Å². The molecule has 0 unspecified atom stereocenters. The Labute approximate surface area is 119 Å². The SMILES string of the molecule is c1ccc(Cc2noc(CCNC3CCCC3)n2)cc1. The van der Waals surface area contributed by atoms with E-state index in [1.165, 1.54) is 31.2 Å². The fourth-order valence-electron chi connectivity index (χ4n) is 2.76. The number of hydrogen-bond acceptors (Lipinski definition) is 4. The van der Waals surface area contributed by atoms with Crippen LogP contribution in [-0.4, -0.2) is 22.7 Å². The van der Waals surface area contributed by atoms with Gasteiger partial charge >= 0.3 is 0 Å². The van der Waals surface area contributed by atoms with Gasteiger partial charge in [-0.05, 0) is 18.4 Å². The van der Waals surface area contributed by atoms with Crippen molar-refractivity contribution in [3.63, 3.8) is 0 Å². The summed E-state index contributed by atoms with van der Waals surface area (Å²) < 4.78 is 5.30. The Hall–Kier alpha value is -1.68. The van der Waals surface area contributed by atoms with Crippen LogP contribution in [0.1, 0.15) is 43.0 Å². The van der Waals surface area contributed by atoms with Crippen molar-refractivity contribution >= 4 is 0 Å². The molecule has 106 valence electrons. The molecule has 0 aliphatic heterocycles. The molecule has 0 spiro atoms. The Morgan fingerprint density at radius 2 is 1.95 bits per heavy atom. The number of aromatic nitrogens is 2. The predicted molar refractivity (Wildman–Crippen MR) is 77.5 cm³/mol. The van der Waals surface area contributed by atoms with Gasteiger partial charge in [0.2, 0.25) is 5.89 Å². The van der Waals surface area contributed by atoms with Gasteiger partial charge in [-0.15, -0.1) is 0 Å². The molecule has 2 aromatic rings. The molecule has 1 fully saturated rings. The van der Waals surface area contributed by atoms with Crippen LogP contribution in [0.5, 0.6) is 0 Å². The molecule has 0 amide bonds. The minimum atomic E-state index is 0.696. The standard InChI is InChI=1S/C16H21N3O/c1-2-6-13(7-3-1)12-15-18-16(20-19-15)10-11-17-14-8-4-5-9-14/h1-3,6-7,14,17H,4-5,8-12H2. The van der Waals surface area contributed by atoms with Crippen LogP contribution in [0.2, 0.25) is 0 Å². The summed E-state index contributed by atoms with van der Waals surface area (Å²) in [6, 6.07) is 10.9. The van der Waals surface area contributed by atoms with Gasteiger partial charge in [0.15, 0.2) is 5.82 Å². The van der Waals surface area contributed by atoms with Crippen LogP contribution in [-0.2, 0) is 12.8 Å². The highest BCUT2D eigenvalue weighted by Crippen LogP contribution is 2.17. The first kappa shape index (κ1) is 13.3. The fraction of sp³-hybridized carbons (Fsp3) is 0.500. The van der Waals surface area contributed by atoms with Gasteiger partial charge < -0.3 is 9.84 Å². The molecule has 1 saturated carbocycles. The van der Waals surface area contributed by atoms with Gasteiger partial charge in [0.1, 0.15) is 0 Å². The highest BCUT2D eigenvalue weighted by Gasteiger charge is 2.14. The van der Waals surface area contributed by atoms with Crippen molar-refractivity contribution in [3.8, 4) is 0 Å². The second-order valence-electron chi connectivity index (χ2n) is 5.45. The number of benzene rings is 1. The Morgan fingerprint density at radius 3 is 2.75 bits per heavy atom. The van der Waals surface area contributed by atoms with Gasteiger partial charge in [0.05, 0.1) is 0 Å². The second-order valence-corrected chi connectivity index (χ2v) is 5.45. The van der Waals surface area contributed by atoms with Crippen LogP contribution in [0.15, 0.2) is 34.9 Å². The van der Waals surface area contributed by atoms with Crippen LogP contribution in [0, 0.1) is 0 Å². The highest BCUT2D eigenvalue weighted by molar-refractivity contribution is 5.18. The fourth-order valence-corrected chi connectivity index (χ4v) is 2.76. The summed E-state index contributed by atoms with van der Waals surface area (Å²) in [5, 5.41) is 7.61. The van der Waals surface area contributed by atoms with Crippen molar-refractivity contribution in [1.29, 1.82) is 0 Å². The maximum Gasteiger partial charge on any atom is 0.227 e. The molecule has 0 saturated heterocycles. The van der Waals surface area contributed by atoms with E-state index < -0.39 is 0 Å². The lowest BCUT2D eigenvalue weighted by Gasteiger charge is -2.09. The molecule has 1 heterocycles. The quantitative estimate of drug-likeness (QED) is 0.877. The summed E-state index contributed by atoms with van der Waals surface area (Å²) in [5.74, 6) is 1.51. The van der Waals surface area contributed by atoms with Crippen molar-refractivity contribution < 1.29 is 4.52 Å². The van der Waals surface area contributed by atoms with E-state index >= 15 is 0 Å². The zero-order valence-corrected chi connectivity index (χ0v) is 11.7. The predicted octanol–water partition coefficient (Wildman–Crippen LogP) is 2.74. The minimum Gasteiger partial charge on any atom is -0.339 e. The molecule has 0 bridgehead atoms. The summed E-state index contributed by atoms with van der Waals surface area (Å²) in [7, 11) is 0. The number of nitrogens with one attached hydrogen (secondary N) is 1.